The van der Waals surface area contributed by atoms with E-state index in [0.29, 0.717) is 16.9 Å². The fourth-order valence-corrected chi connectivity index (χ4v) is 4.23. The number of ether oxygens (including phenoxy) is 3. The van der Waals surface area contributed by atoms with Gasteiger partial charge in [0.1, 0.15) is 5.75 Å². The van der Waals surface area contributed by atoms with Crippen molar-refractivity contribution in [1.82, 2.24) is 4.90 Å². The Labute approximate surface area is 185 Å². The van der Waals surface area contributed by atoms with Crippen LogP contribution in [-0.2, 0) is 19.1 Å². The van der Waals surface area contributed by atoms with Crippen LogP contribution in [0, 0.1) is 15.5 Å². The van der Waals surface area contributed by atoms with Gasteiger partial charge in [-0.25, -0.2) is 0 Å². The van der Waals surface area contributed by atoms with Crippen molar-refractivity contribution in [2.75, 3.05) is 34.9 Å². The standard InChI is InChI=1S/C23H24N2O7/c1-24-14-17(13-15-5-11-19(30-2)12-6-15)23(21(26)31-3,22(27)32-4)20(24)16-7-9-18(10-8-16)25(28)29/h5-13,20H,14H2,1-4H3/b17-13+/t20-/m1/s1. The zero-order valence-electron chi connectivity index (χ0n) is 18.2. The highest BCUT2D eigenvalue weighted by molar-refractivity contribution is 6.06. The summed E-state index contributed by atoms with van der Waals surface area (Å²) in [5, 5.41) is 11.1. The number of nitro groups is 1. The van der Waals surface area contributed by atoms with E-state index in [-0.39, 0.29) is 12.2 Å². The van der Waals surface area contributed by atoms with Crippen molar-refractivity contribution in [2.24, 2.45) is 5.41 Å². The summed E-state index contributed by atoms with van der Waals surface area (Å²) in [5.74, 6) is -0.861. The van der Waals surface area contributed by atoms with Crippen LogP contribution in [0.2, 0.25) is 0 Å². The second-order valence-corrected chi connectivity index (χ2v) is 7.40. The number of nitro benzene ring substituents is 1. The lowest BCUT2D eigenvalue weighted by Gasteiger charge is -2.33. The fraction of sp³-hybridized carbons (Fsp3) is 0.304. The van der Waals surface area contributed by atoms with Gasteiger partial charge < -0.3 is 14.2 Å². The number of benzene rings is 2. The van der Waals surface area contributed by atoms with Crippen molar-refractivity contribution in [2.45, 2.75) is 6.04 Å². The predicted molar refractivity (Wildman–Crippen MR) is 116 cm³/mol. The van der Waals surface area contributed by atoms with Crippen LogP contribution >= 0.6 is 0 Å². The summed E-state index contributed by atoms with van der Waals surface area (Å²) >= 11 is 0. The smallest absolute Gasteiger partial charge is 0.329 e. The molecule has 2 aromatic rings. The molecule has 1 fully saturated rings. The Morgan fingerprint density at radius 2 is 1.59 bits per heavy atom. The van der Waals surface area contributed by atoms with Gasteiger partial charge in [-0.1, -0.05) is 30.3 Å². The Morgan fingerprint density at radius 1 is 1.03 bits per heavy atom. The lowest BCUT2D eigenvalue weighted by Crippen LogP contribution is -2.46. The number of carbonyl (C=O) groups is 2. The normalized spacial score (nSPS) is 18.9. The molecule has 32 heavy (non-hydrogen) atoms. The summed E-state index contributed by atoms with van der Waals surface area (Å²) < 4.78 is 15.4. The highest BCUT2D eigenvalue weighted by Gasteiger charge is 2.63. The molecule has 1 aliphatic heterocycles. The van der Waals surface area contributed by atoms with Crippen LogP contribution in [0.1, 0.15) is 17.2 Å². The third kappa shape index (κ3) is 3.82. The Kier molecular flexibility index (Phi) is 6.59. The number of hydrogen-bond donors (Lipinski definition) is 0. The van der Waals surface area contributed by atoms with E-state index < -0.39 is 28.3 Å². The first-order valence-corrected chi connectivity index (χ1v) is 9.76. The van der Waals surface area contributed by atoms with Gasteiger partial charge in [-0.3, -0.25) is 24.6 Å². The summed E-state index contributed by atoms with van der Waals surface area (Å²) in [5.41, 5.74) is -0.0750. The van der Waals surface area contributed by atoms with Crippen molar-refractivity contribution in [1.29, 1.82) is 0 Å². The molecule has 0 aliphatic carbocycles. The molecule has 1 heterocycles. The number of carbonyl (C=O) groups excluding carboxylic acids is 2. The first-order chi connectivity index (χ1) is 15.3. The van der Waals surface area contributed by atoms with Crippen LogP contribution in [0.4, 0.5) is 5.69 Å². The molecule has 0 amide bonds. The molecule has 9 heteroatoms. The third-order valence-electron chi connectivity index (χ3n) is 5.67. The van der Waals surface area contributed by atoms with E-state index in [2.05, 4.69) is 0 Å². The fourth-order valence-electron chi connectivity index (χ4n) is 4.23. The SMILES string of the molecule is COC(=O)C1(C(=O)OC)/C(=C/c2ccc(OC)cc2)CN(C)[C@@H]1c1ccc([N+](=O)[O-])cc1. The Balaban J connectivity index is 2.21. The number of hydrogen-bond acceptors (Lipinski definition) is 8. The minimum Gasteiger partial charge on any atom is -0.497 e. The average Bonchev–Trinajstić information content (AvgIpc) is 3.10. The van der Waals surface area contributed by atoms with Crippen LogP contribution in [0.3, 0.4) is 0 Å². The van der Waals surface area contributed by atoms with Gasteiger partial charge >= 0.3 is 11.9 Å². The van der Waals surface area contributed by atoms with Crippen molar-refractivity contribution in [3.05, 3.63) is 75.3 Å². The van der Waals surface area contributed by atoms with Crippen LogP contribution in [0.15, 0.2) is 54.1 Å². The molecule has 0 radical (unpaired) electrons. The molecule has 0 unspecified atom stereocenters. The van der Waals surface area contributed by atoms with Crippen molar-refractivity contribution >= 4 is 23.7 Å². The van der Waals surface area contributed by atoms with E-state index in [1.807, 2.05) is 17.0 Å². The molecule has 1 aliphatic rings. The molecule has 3 rings (SSSR count). The lowest BCUT2D eigenvalue weighted by atomic mass is 9.73. The van der Waals surface area contributed by atoms with Gasteiger partial charge in [0.2, 0.25) is 5.41 Å². The first-order valence-electron chi connectivity index (χ1n) is 9.76. The largest absolute Gasteiger partial charge is 0.497 e. The quantitative estimate of drug-likeness (QED) is 0.292. The van der Waals surface area contributed by atoms with E-state index in [4.69, 9.17) is 14.2 Å². The topological polar surface area (TPSA) is 108 Å². The Bertz CT molecular complexity index is 1030. The van der Waals surface area contributed by atoms with Crippen molar-refractivity contribution < 1.29 is 28.7 Å². The van der Waals surface area contributed by atoms with Crippen molar-refractivity contribution in [3.8, 4) is 5.75 Å². The van der Waals surface area contributed by atoms with Crippen LogP contribution in [0.5, 0.6) is 5.75 Å². The number of nitrogens with zero attached hydrogens (tertiary/aromatic N) is 2. The molecule has 9 nitrogen and oxygen atoms in total. The van der Waals surface area contributed by atoms with E-state index in [0.717, 1.165) is 5.56 Å². The van der Waals surface area contributed by atoms with Gasteiger partial charge in [-0.15, -0.1) is 0 Å². The number of non-ortho nitro benzene ring substituents is 1. The first kappa shape index (κ1) is 23.0. The van der Waals surface area contributed by atoms with E-state index in [1.54, 1.807) is 32.4 Å². The van der Waals surface area contributed by atoms with Gasteiger partial charge in [0.05, 0.1) is 32.3 Å². The minimum absolute atomic E-state index is 0.0925. The van der Waals surface area contributed by atoms with Crippen LogP contribution in [-0.4, -0.2) is 56.7 Å². The monoisotopic (exact) mass is 440 g/mol. The van der Waals surface area contributed by atoms with E-state index in [1.165, 1.54) is 38.5 Å². The molecule has 1 atom stereocenters. The van der Waals surface area contributed by atoms with Gasteiger partial charge in [-0.05, 0) is 35.9 Å². The summed E-state index contributed by atoms with van der Waals surface area (Å²) in [6.45, 7) is 0.276. The summed E-state index contributed by atoms with van der Waals surface area (Å²) in [7, 11) is 5.75. The molecular formula is C23H24N2O7. The molecule has 0 N–H and O–H groups in total. The number of methoxy groups -OCH3 is 3. The summed E-state index contributed by atoms with van der Waals surface area (Å²) in [4.78, 5) is 38.8. The summed E-state index contributed by atoms with van der Waals surface area (Å²) in [6, 6.07) is 12.1. The molecule has 2 aromatic carbocycles. The van der Waals surface area contributed by atoms with Gasteiger partial charge in [0.25, 0.3) is 5.69 Å². The van der Waals surface area contributed by atoms with Crippen molar-refractivity contribution in [3.63, 3.8) is 0 Å². The number of likely N-dealkylation sites (tertiary alicyclic amines) is 1. The third-order valence-corrected chi connectivity index (χ3v) is 5.67. The van der Waals surface area contributed by atoms with E-state index >= 15 is 0 Å². The molecular weight excluding hydrogens is 416 g/mol. The zero-order chi connectivity index (χ0) is 23.5. The highest BCUT2D eigenvalue weighted by atomic mass is 16.6. The number of esters is 2. The van der Waals surface area contributed by atoms with Gasteiger partial charge in [0, 0.05) is 18.7 Å². The maximum atomic E-state index is 13.2. The van der Waals surface area contributed by atoms with Gasteiger partial charge in [0.15, 0.2) is 0 Å². The number of likely N-dealkylation sites (N-methyl/N-ethyl adjacent to an activating group) is 1. The average molecular weight is 440 g/mol. The molecule has 0 bridgehead atoms. The van der Waals surface area contributed by atoms with Gasteiger partial charge in [-0.2, -0.15) is 0 Å². The molecule has 0 spiro atoms. The Morgan fingerprint density at radius 3 is 2.06 bits per heavy atom. The second-order valence-electron chi connectivity index (χ2n) is 7.40. The molecule has 1 saturated heterocycles. The maximum absolute atomic E-state index is 13.2. The van der Waals surface area contributed by atoms with Crippen LogP contribution < -0.4 is 4.74 Å². The molecule has 0 saturated carbocycles. The predicted octanol–water partition coefficient (Wildman–Crippen LogP) is 3.01. The maximum Gasteiger partial charge on any atom is 0.329 e. The lowest BCUT2D eigenvalue weighted by molar-refractivity contribution is -0.384. The zero-order valence-corrected chi connectivity index (χ0v) is 18.2. The van der Waals surface area contributed by atoms with Crippen LogP contribution in [0.25, 0.3) is 6.08 Å². The summed E-state index contributed by atoms with van der Waals surface area (Å²) in [6.07, 6.45) is 1.76. The second kappa shape index (κ2) is 9.19. The number of rotatable bonds is 6. The van der Waals surface area contributed by atoms with E-state index in [9.17, 15) is 19.7 Å². The minimum atomic E-state index is -1.78. The highest BCUT2D eigenvalue weighted by Crippen LogP contribution is 2.52. The molecule has 0 aromatic heterocycles. The molecule has 168 valence electrons. The Hall–Kier alpha value is -3.72.